The minimum Gasteiger partial charge on any atom is -0.744 e. The summed E-state index contributed by atoms with van der Waals surface area (Å²) in [6, 6.07) is 21.0. The molecule has 3 aromatic carbocycles. The first kappa shape index (κ1) is 62.4. The van der Waals surface area contributed by atoms with Gasteiger partial charge in [0.25, 0.3) is 5.69 Å². The highest BCUT2D eigenvalue weighted by Crippen LogP contribution is 2.61. The number of allylic oxidation sites excluding steroid dienone is 2. The molecular weight excluding hydrogens is 1050 g/mol. The summed E-state index contributed by atoms with van der Waals surface area (Å²) < 4.78 is 83.6. The van der Waals surface area contributed by atoms with Gasteiger partial charge in [0.15, 0.2) is 0 Å². The SMILES string of the molecule is COC1C(OC(=O)Cc2ccc([NH3+])cc2)CC[C@]2(CO2)C1[C@]1(C)O[C@@H]1CC=C(C)C.COC1C(OC(=O)Oc2ccc([N+](=O)[O-])cc2)CC[C@]2(CO2)C1[C@]1(C)O[C@@H]1CC=C(C)C.NC1CCC(N)CC1.O=S(=O)([O-])c1ccccc1. The van der Waals surface area contributed by atoms with Crippen molar-refractivity contribution in [3.05, 3.63) is 118 Å². The van der Waals surface area contributed by atoms with E-state index in [2.05, 4.69) is 59.4 Å². The lowest BCUT2D eigenvalue weighted by atomic mass is 9.68. The standard InChI is InChI=1S/C24H33NO5.C23H29NO8.C6H14N2.C6H6O3S/c1-15(2)5-10-19-23(3,30-19)22-21(27-4)18(11-12-24(22)14-28-24)29-20(26)13-16-6-8-17(25)9-7-16;1-14(2)5-10-18-22(3,32-18)20-19(28-4)17(11-12-23(20)13-29-23)31-21(25)30-16-8-6-15(7-9-16)24(26)27;7-5-1-2-6(8)4-3-5;7-10(8,9)6-4-2-1-3-5-6/h5-9,18-19,21-22H,10-14,25H2,1-4H3;5-9,17-20H,10-13H2,1-4H3;5-6H,1-4,7-8H2;1-5H,(H,7,8,9)/t18?,19-,21?,22?,23-,24+;17?,18-,19?,20?,22-,23+;;/m11../s1. The van der Waals surface area contributed by atoms with Gasteiger partial charge in [0.2, 0.25) is 0 Å². The average Bonchev–Trinajstić information content (AvgIpc) is 4.51. The monoisotopic (exact) mass is 1130 g/mol. The zero-order valence-electron chi connectivity index (χ0n) is 47.4. The molecule has 3 saturated carbocycles. The lowest BCUT2D eigenvalue weighted by Crippen LogP contribution is -2.55. The number of esters is 1. The average molecular weight is 1140 g/mol. The maximum atomic E-state index is 12.7. The van der Waals surface area contributed by atoms with E-state index in [1.807, 2.05) is 24.3 Å². The molecule has 0 aromatic heterocycles. The molecule has 20 nitrogen and oxygen atoms in total. The summed E-state index contributed by atoms with van der Waals surface area (Å²) in [6.07, 6.45) is 11.6. The molecule has 0 radical (unpaired) electrons. The number of carbonyl (C=O) groups excluding carboxylic acids is 2. The Morgan fingerprint density at radius 1 is 0.713 bits per heavy atom. The molecule has 12 atom stereocenters. The summed E-state index contributed by atoms with van der Waals surface area (Å²) in [7, 11) is -0.950. The van der Waals surface area contributed by atoms with Gasteiger partial charge in [-0.1, -0.05) is 53.6 Å². The highest BCUT2D eigenvalue weighted by molar-refractivity contribution is 7.85. The summed E-state index contributed by atoms with van der Waals surface area (Å²) in [4.78, 5) is 35.2. The fourth-order valence-electron chi connectivity index (χ4n) is 11.8. The van der Waals surface area contributed by atoms with Crippen molar-refractivity contribution in [1.29, 1.82) is 0 Å². The number of non-ortho nitro benzene ring substituents is 1. The predicted molar refractivity (Wildman–Crippen MR) is 294 cm³/mol. The first-order chi connectivity index (χ1) is 37.8. The van der Waals surface area contributed by atoms with Gasteiger partial charge in [-0.05, 0) is 148 Å². The van der Waals surface area contributed by atoms with Crippen LogP contribution in [-0.2, 0) is 59.2 Å². The van der Waals surface area contributed by atoms with Crippen LogP contribution in [0, 0.1) is 22.0 Å². The molecule has 7 N–H and O–H groups in total. The van der Waals surface area contributed by atoms with Gasteiger partial charge >= 0.3 is 12.1 Å². The van der Waals surface area contributed by atoms with Crippen molar-refractivity contribution in [3.8, 4) is 5.75 Å². The predicted octanol–water partition coefficient (Wildman–Crippen LogP) is 7.71. The quantitative estimate of drug-likeness (QED) is 0.0249. The lowest BCUT2D eigenvalue weighted by Gasteiger charge is -2.42. The number of carbonyl (C=O) groups is 2. The highest BCUT2D eigenvalue weighted by Gasteiger charge is 2.73. The largest absolute Gasteiger partial charge is 0.744 e. The molecule has 21 heteroatoms. The normalized spacial score (nSPS) is 33.3. The summed E-state index contributed by atoms with van der Waals surface area (Å²) >= 11 is 0. The highest BCUT2D eigenvalue weighted by atomic mass is 32.2. The Hall–Kier alpha value is -5.17. The van der Waals surface area contributed by atoms with Crippen LogP contribution in [0.15, 0.2) is 107 Å². The Kier molecular flexibility index (Phi) is 20.6. The third-order valence-corrected chi connectivity index (χ3v) is 17.3. The van der Waals surface area contributed by atoms with E-state index < -0.39 is 39.0 Å². The second-order valence-electron chi connectivity index (χ2n) is 23.0. The Morgan fingerprint density at radius 2 is 1.16 bits per heavy atom. The van der Waals surface area contributed by atoms with Crippen LogP contribution in [0.4, 0.5) is 16.2 Å². The molecule has 2 spiro atoms. The molecule has 0 amide bonds. The number of nitro benzene ring substituents is 1. The zero-order valence-corrected chi connectivity index (χ0v) is 48.2. The molecule has 6 unspecified atom stereocenters. The second kappa shape index (κ2) is 26.4. The molecule has 80 heavy (non-hydrogen) atoms. The molecule has 0 bridgehead atoms. The van der Waals surface area contributed by atoms with E-state index >= 15 is 0 Å². The third-order valence-electron chi connectivity index (χ3n) is 16.5. The van der Waals surface area contributed by atoms with Crippen molar-refractivity contribution in [3.63, 3.8) is 0 Å². The van der Waals surface area contributed by atoms with Gasteiger partial charge in [-0.3, -0.25) is 14.9 Å². The van der Waals surface area contributed by atoms with Gasteiger partial charge in [-0.25, -0.2) is 13.2 Å². The number of methoxy groups -OCH3 is 2. The minimum absolute atomic E-state index is 0.0440. The van der Waals surface area contributed by atoms with E-state index in [9.17, 15) is 32.7 Å². The molecule has 10 rings (SSSR count). The molecule has 3 aliphatic carbocycles. The molecule has 7 aliphatic rings. The Labute approximate surface area is 470 Å². The number of benzene rings is 3. The number of nitro groups is 1. The number of epoxide rings is 4. The van der Waals surface area contributed by atoms with E-state index in [1.54, 1.807) is 20.3 Å². The number of quaternary nitrogens is 1. The molecule has 440 valence electrons. The Morgan fingerprint density at radius 3 is 1.55 bits per heavy atom. The van der Waals surface area contributed by atoms with Crippen molar-refractivity contribution in [1.82, 2.24) is 0 Å². The van der Waals surface area contributed by atoms with Crippen molar-refractivity contribution < 1.29 is 75.8 Å². The van der Waals surface area contributed by atoms with Crippen LogP contribution in [0.5, 0.6) is 5.75 Å². The van der Waals surface area contributed by atoms with E-state index in [4.69, 9.17) is 54.1 Å². The van der Waals surface area contributed by atoms with Gasteiger partial charge in [-0.15, -0.1) is 0 Å². The fourth-order valence-corrected chi connectivity index (χ4v) is 12.3. The van der Waals surface area contributed by atoms with Gasteiger partial charge < -0.3 is 64.4 Å². The van der Waals surface area contributed by atoms with Crippen LogP contribution in [-0.4, -0.2) is 129 Å². The van der Waals surface area contributed by atoms with E-state index in [0.29, 0.717) is 25.1 Å². The van der Waals surface area contributed by atoms with Crippen LogP contribution in [0.25, 0.3) is 0 Å². The lowest BCUT2D eigenvalue weighted by molar-refractivity contribution is -0.384. The third kappa shape index (κ3) is 16.1. The molecule has 4 saturated heterocycles. The Bertz CT molecular complexity index is 2730. The molecular formula is C59H82N4O16S. The number of nitrogens with two attached hydrogens (primary N) is 2. The molecule has 4 heterocycles. The van der Waals surface area contributed by atoms with Crippen molar-refractivity contribution in [2.24, 2.45) is 23.3 Å². The van der Waals surface area contributed by atoms with Crippen LogP contribution >= 0.6 is 0 Å². The minimum atomic E-state index is -4.25. The van der Waals surface area contributed by atoms with Crippen LogP contribution in [0.2, 0.25) is 0 Å². The molecule has 7 fully saturated rings. The van der Waals surface area contributed by atoms with Crippen molar-refractivity contribution in [2.75, 3.05) is 27.4 Å². The maximum absolute atomic E-state index is 12.7. The van der Waals surface area contributed by atoms with Crippen molar-refractivity contribution >= 4 is 33.6 Å². The number of hydrogen-bond donors (Lipinski definition) is 3. The summed E-state index contributed by atoms with van der Waals surface area (Å²) in [5.41, 5.74) is 18.2. The summed E-state index contributed by atoms with van der Waals surface area (Å²) in [6.45, 7) is 13.9. The second-order valence-corrected chi connectivity index (χ2v) is 24.4. The van der Waals surface area contributed by atoms with Crippen LogP contribution in [0.1, 0.15) is 111 Å². The van der Waals surface area contributed by atoms with Gasteiger partial charge in [0.05, 0.1) is 53.5 Å². The zero-order chi connectivity index (χ0) is 58.2. The number of nitrogens with zero attached hydrogens (tertiary/aromatic N) is 1. The van der Waals surface area contributed by atoms with Gasteiger partial charge in [0.1, 0.15) is 68.4 Å². The molecule has 3 aromatic rings. The smallest absolute Gasteiger partial charge is 0.514 e. The fraction of sp³-hybridized carbons (Fsp3) is 0.593. The van der Waals surface area contributed by atoms with Gasteiger partial charge in [0, 0.05) is 38.4 Å². The van der Waals surface area contributed by atoms with E-state index in [1.165, 1.54) is 59.7 Å². The van der Waals surface area contributed by atoms with Crippen molar-refractivity contribution in [2.45, 2.75) is 188 Å². The number of ether oxygens (including phenoxy) is 9. The van der Waals surface area contributed by atoms with E-state index in [0.717, 1.165) is 75.6 Å². The first-order valence-corrected chi connectivity index (χ1v) is 29.0. The van der Waals surface area contributed by atoms with Gasteiger partial charge in [-0.2, -0.15) is 0 Å². The first-order valence-electron chi connectivity index (χ1n) is 27.6. The van der Waals surface area contributed by atoms with Crippen LogP contribution < -0.4 is 21.9 Å². The van der Waals surface area contributed by atoms with E-state index in [-0.39, 0.29) is 81.8 Å². The maximum Gasteiger partial charge on any atom is 0.514 e. The number of hydrogen-bond acceptors (Lipinski definition) is 18. The topological polar surface area (TPSA) is 310 Å². The Balaban J connectivity index is 0.000000177. The van der Waals surface area contributed by atoms with Crippen LogP contribution in [0.3, 0.4) is 0 Å². The summed E-state index contributed by atoms with van der Waals surface area (Å²) in [5, 5.41) is 10.8. The number of rotatable bonds is 15. The summed E-state index contributed by atoms with van der Waals surface area (Å²) in [5.74, 6) is -0.0968. The molecule has 4 aliphatic heterocycles.